The van der Waals surface area contributed by atoms with E-state index in [0.717, 1.165) is 44.8 Å². The largest absolute Gasteiger partial charge is 0.383 e. The first-order valence-electron chi connectivity index (χ1n) is 9.03. The Morgan fingerprint density at radius 3 is 2.74 bits per heavy atom. The molecular formula is C17H37N5O. The smallest absolute Gasteiger partial charge is 0.191 e. The summed E-state index contributed by atoms with van der Waals surface area (Å²) in [6, 6.07) is 0.754. The highest BCUT2D eigenvalue weighted by atomic mass is 16.5. The van der Waals surface area contributed by atoms with E-state index >= 15 is 0 Å². The minimum Gasteiger partial charge on any atom is -0.383 e. The molecule has 1 unspecified atom stereocenters. The molecular weight excluding hydrogens is 290 g/mol. The van der Waals surface area contributed by atoms with E-state index in [1.54, 1.807) is 7.11 Å². The van der Waals surface area contributed by atoms with Crippen molar-refractivity contribution in [3.05, 3.63) is 0 Å². The minimum absolute atomic E-state index is 0.754. The van der Waals surface area contributed by atoms with Crippen LogP contribution in [0.1, 0.15) is 32.6 Å². The highest BCUT2D eigenvalue weighted by Crippen LogP contribution is 2.15. The van der Waals surface area contributed by atoms with Crippen molar-refractivity contribution in [2.45, 2.75) is 38.6 Å². The topological polar surface area (TPSA) is 52.1 Å². The molecule has 1 aliphatic rings. The zero-order valence-corrected chi connectivity index (χ0v) is 15.6. The molecule has 23 heavy (non-hydrogen) atoms. The number of nitrogens with zero attached hydrogens (tertiary/aromatic N) is 3. The summed E-state index contributed by atoms with van der Waals surface area (Å²) in [5.74, 6) is 0.900. The fraction of sp³-hybridized carbons (Fsp3) is 0.941. The number of likely N-dealkylation sites (N-methyl/N-ethyl adjacent to an activating group) is 1. The maximum absolute atomic E-state index is 5.08. The molecule has 0 bridgehead atoms. The highest BCUT2D eigenvalue weighted by molar-refractivity contribution is 5.79. The number of hydrogen-bond acceptors (Lipinski definition) is 4. The number of nitrogens with one attached hydrogen (secondary N) is 2. The average Bonchev–Trinajstić information content (AvgIpc) is 2.56. The van der Waals surface area contributed by atoms with Crippen molar-refractivity contribution in [1.82, 2.24) is 20.4 Å². The van der Waals surface area contributed by atoms with Gasteiger partial charge in [0.25, 0.3) is 0 Å². The number of methoxy groups -OCH3 is 1. The van der Waals surface area contributed by atoms with Gasteiger partial charge >= 0.3 is 0 Å². The van der Waals surface area contributed by atoms with E-state index in [1.165, 1.54) is 38.8 Å². The summed E-state index contributed by atoms with van der Waals surface area (Å²) in [4.78, 5) is 9.15. The van der Waals surface area contributed by atoms with Crippen LogP contribution in [0.2, 0.25) is 0 Å². The van der Waals surface area contributed by atoms with Gasteiger partial charge in [0.2, 0.25) is 0 Å². The van der Waals surface area contributed by atoms with E-state index in [1.807, 2.05) is 7.05 Å². The lowest BCUT2D eigenvalue weighted by molar-refractivity contribution is 0.159. The van der Waals surface area contributed by atoms with Crippen molar-refractivity contribution in [2.75, 3.05) is 67.1 Å². The standard InChI is InChI=1S/C17H37N5O/c1-16-8-5-6-11-22(16)12-7-9-19-17(18-2)20-10-13-21(3)14-15-23-4/h16H,5-15H2,1-4H3,(H2,18,19,20). The maximum atomic E-state index is 5.08. The third-order valence-corrected chi connectivity index (χ3v) is 4.54. The Balaban J connectivity index is 2.07. The summed E-state index contributed by atoms with van der Waals surface area (Å²) in [5, 5.41) is 6.78. The van der Waals surface area contributed by atoms with Crippen molar-refractivity contribution in [1.29, 1.82) is 0 Å². The van der Waals surface area contributed by atoms with Crippen LogP contribution in [0.5, 0.6) is 0 Å². The number of ether oxygens (including phenoxy) is 1. The van der Waals surface area contributed by atoms with E-state index < -0.39 is 0 Å². The van der Waals surface area contributed by atoms with Crippen LogP contribution in [0, 0.1) is 0 Å². The third kappa shape index (κ3) is 9.13. The molecule has 1 rings (SSSR count). The van der Waals surface area contributed by atoms with Crippen LogP contribution in [0.3, 0.4) is 0 Å². The lowest BCUT2D eigenvalue weighted by Crippen LogP contribution is -2.43. The number of rotatable bonds is 10. The summed E-state index contributed by atoms with van der Waals surface area (Å²) >= 11 is 0. The average molecular weight is 328 g/mol. The normalized spacial score (nSPS) is 20.0. The molecule has 0 saturated carbocycles. The van der Waals surface area contributed by atoms with E-state index in [-0.39, 0.29) is 0 Å². The third-order valence-electron chi connectivity index (χ3n) is 4.54. The van der Waals surface area contributed by atoms with Crippen molar-refractivity contribution in [3.63, 3.8) is 0 Å². The minimum atomic E-state index is 0.754. The van der Waals surface area contributed by atoms with Crippen LogP contribution in [0.4, 0.5) is 0 Å². The second-order valence-electron chi connectivity index (χ2n) is 6.46. The summed E-state index contributed by atoms with van der Waals surface area (Å²) in [6.45, 7) is 9.39. The summed E-state index contributed by atoms with van der Waals surface area (Å²) in [7, 11) is 5.68. The van der Waals surface area contributed by atoms with Crippen LogP contribution < -0.4 is 10.6 Å². The zero-order chi connectivity index (χ0) is 16.9. The van der Waals surface area contributed by atoms with Gasteiger partial charge in [0.05, 0.1) is 6.61 Å². The second-order valence-corrected chi connectivity index (χ2v) is 6.46. The van der Waals surface area contributed by atoms with E-state index in [2.05, 4.69) is 39.4 Å². The van der Waals surface area contributed by atoms with Crippen molar-refractivity contribution in [2.24, 2.45) is 4.99 Å². The first-order valence-corrected chi connectivity index (χ1v) is 9.03. The molecule has 0 radical (unpaired) electrons. The van der Waals surface area contributed by atoms with E-state index in [4.69, 9.17) is 4.74 Å². The van der Waals surface area contributed by atoms with Gasteiger partial charge in [-0.3, -0.25) is 4.99 Å². The number of hydrogen-bond donors (Lipinski definition) is 2. The SMILES string of the molecule is CN=C(NCCCN1CCCCC1C)NCCN(C)CCOC. The molecule has 2 N–H and O–H groups in total. The Morgan fingerprint density at radius 1 is 1.26 bits per heavy atom. The first-order chi connectivity index (χ1) is 11.2. The molecule has 136 valence electrons. The van der Waals surface area contributed by atoms with Gasteiger partial charge in [-0.25, -0.2) is 0 Å². The molecule has 6 nitrogen and oxygen atoms in total. The van der Waals surface area contributed by atoms with Gasteiger partial charge in [-0.15, -0.1) is 0 Å². The molecule has 1 atom stereocenters. The Morgan fingerprint density at radius 2 is 2.04 bits per heavy atom. The van der Waals surface area contributed by atoms with E-state index in [9.17, 15) is 0 Å². The van der Waals surface area contributed by atoms with Gasteiger partial charge < -0.3 is 25.2 Å². The number of likely N-dealkylation sites (tertiary alicyclic amines) is 1. The molecule has 0 aromatic rings. The lowest BCUT2D eigenvalue weighted by Gasteiger charge is -2.33. The maximum Gasteiger partial charge on any atom is 0.191 e. The van der Waals surface area contributed by atoms with Crippen molar-refractivity contribution in [3.8, 4) is 0 Å². The van der Waals surface area contributed by atoms with Gasteiger partial charge in [-0.1, -0.05) is 6.42 Å². The molecule has 1 fully saturated rings. The molecule has 0 aliphatic carbocycles. The van der Waals surface area contributed by atoms with Crippen molar-refractivity contribution < 1.29 is 4.74 Å². The molecule has 0 spiro atoms. The van der Waals surface area contributed by atoms with Gasteiger partial charge in [0, 0.05) is 52.9 Å². The quantitative estimate of drug-likeness (QED) is 0.356. The molecule has 0 amide bonds. The molecule has 0 aromatic heterocycles. The molecule has 1 saturated heterocycles. The van der Waals surface area contributed by atoms with Crippen LogP contribution in [-0.2, 0) is 4.74 Å². The number of guanidine groups is 1. The van der Waals surface area contributed by atoms with Crippen LogP contribution in [-0.4, -0.2) is 88.9 Å². The number of piperidine rings is 1. The second kappa shape index (κ2) is 12.6. The molecule has 1 heterocycles. The van der Waals surface area contributed by atoms with Gasteiger partial charge in [0.1, 0.15) is 0 Å². The fourth-order valence-corrected chi connectivity index (χ4v) is 2.92. The summed E-state index contributed by atoms with van der Waals surface area (Å²) in [5.41, 5.74) is 0. The zero-order valence-electron chi connectivity index (χ0n) is 15.6. The highest BCUT2D eigenvalue weighted by Gasteiger charge is 2.17. The number of aliphatic imine (C=N–C) groups is 1. The Hall–Kier alpha value is -0.850. The van der Waals surface area contributed by atoms with Crippen LogP contribution in [0.25, 0.3) is 0 Å². The van der Waals surface area contributed by atoms with E-state index in [0.29, 0.717) is 0 Å². The Bertz CT molecular complexity index is 324. The molecule has 0 aromatic carbocycles. The summed E-state index contributed by atoms with van der Waals surface area (Å²) in [6.07, 6.45) is 5.27. The van der Waals surface area contributed by atoms with Gasteiger partial charge in [0.15, 0.2) is 5.96 Å². The van der Waals surface area contributed by atoms with Crippen LogP contribution in [0.15, 0.2) is 4.99 Å². The monoisotopic (exact) mass is 327 g/mol. The Kier molecular flexibility index (Phi) is 11.0. The molecule has 6 heteroatoms. The fourth-order valence-electron chi connectivity index (χ4n) is 2.92. The predicted molar refractivity (Wildman–Crippen MR) is 98.2 cm³/mol. The lowest BCUT2D eigenvalue weighted by atomic mass is 10.0. The van der Waals surface area contributed by atoms with Gasteiger partial charge in [-0.2, -0.15) is 0 Å². The summed E-state index contributed by atoms with van der Waals surface area (Å²) < 4.78 is 5.08. The van der Waals surface area contributed by atoms with Crippen molar-refractivity contribution >= 4 is 5.96 Å². The molecule has 1 aliphatic heterocycles. The van der Waals surface area contributed by atoms with Gasteiger partial charge in [-0.05, 0) is 39.8 Å². The van der Waals surface area contributed by atoms with Crippen LogP contribution >= 0.6 is 0 Å². The predicted octanol–water partition coefficient (Wildman–Crippen LogP) is 0.994. The first kappa shape index (κ1) is 20.2. The Labute approximate surface area is 142 Å².